The first kappa shape index (κ1) is 13.3. The van der Waals surface area contributed by atoms with Gasteiger partial charge in [-0.3, -0.25) is 0 Å². The third kappa shape index (κ3) is 4.71. The molecule has 0 aromatic heterocycles. The van der Waals surface area contributed by atoms with E-state index in [1.54, 1.807) is 31.4 Å². The van der Waals surface area contributed by atoms with Gasteiger partial charge in [0.15, 0.2) is 0 Å². The van der Waals surface area contributed by atoms with Gasteiger partial charge in [0.05, 0.1) is 12.2 Å². The molecule has 0 N–H and O–H groups in total. The van der Waals surface area contributed by atoms with E-state index >= 15 is 0 Å². The van der Waals surface area contributed by atoms with Crippen molar-refractivity contribution in [2.45, 2.75) is 13.3 Å². The highest BCUT2D eigenvalue weighted by Gasteiger charge is 2.05. The first-order valence-corrected chi connectivity index (χ1v) is 5.53. The lowest BCUT2D eigenvalue weighted by atomic mass is 10.1. The zero-order chi connectivity index (χ0) is 12.5. The van der Waals surface area contributed by atoms with Crippen LogP contribution in [0.1, 0.15) is 29.3 Å². The van der Waals surface area contributed by atoms with Gasteiger partial charge in [0.1, 0.15) is 6.61 Å². The SMILES string of the molecule is CCCOC(=O)c1ccc(C#CCOC)cc1. The summed E-state index contributed by atoms with van der Waals surface area (Å²) in [5, 5.41) is 0. The first-order valence-electron chi connectivity index (χ1n) is 5.53. The second-order valence-corrected chi connectivity index (χ2v) is 3.45. The minimum atomic E-state index is -0.289. The summed E-state index contributed by atoms with van der Waals surface area (Å²) in [6.45, 7) is 2.82. The molecule has 90 valence electrons. The van der Waals surface area contributed by atoms with Gasteiger partial charge in [-0.25, -0.2) is 4.79 Å². The molecule has 1 aromatic carbocycles. The van der Waals surface area contributed by atoms with Crippen molar-refractivity contribution in [1.82, 2.24) is 0 Å². The van der Waals surface area contributed by atoms with Crippen molar-refractivity contribution >= 4 is 5.97 Å². The van der Waals surface area contributed by atoms with Crippen LogP contribution < -0.4 is 0 Å². The second kappa shape index (κ2) is 7.48. The Labute approximate surface area is 102 Å². The summed E-state index contributed by atoms with van der Waals surface area (Å²) in [5.41, 5.74) is 1.41. The van der Waals surface area contributed by atoms with Crippen LogP contribution in [0.2, 0.25) is 0 Å². The van der Waals surface area contributed by atoms with E-state index in [0.717, 1.165) is 12.0 Å². The van der Waals surface area contributed by atoms with E-state index in [1.807, 2.05) is 6.92 Å². The number of esters is 1. The fraction of sp³-hybridized carbons (Fsp3) is 0.357. The Balaban J connectivity index is 2.62. The number of methoxy groups -OCH3 is 1. The van der Waals surface area contributed by atoms with Crippen molar-refractivity contribution in [3.05, 3.63) is 35.4 Å². The standard InChI is InChI=1S/C14H16O3/c1-3-10-17-14(15)13-8-6-12(7-9-13)5-4-11-16-2/h6-9H,3,10-11H2,1-2H3. The number of benzene rings is 1. The Bertz CT molecular complexity index is 409. The van der Waals surface area contributed by atoms with E-state index in [-0.39, 0.29) is 5.97 Å². The van der Waals surface area contributed by atoms with Crippen LogP contribution >= 0.6 is 0 Å². The average Bonchev–Trinajstić information content (AvgIpc) is 2.37. The van der Waals surface area contributed by atoms with E-state index in [4.69, 9.17) is 9.47 Å². The molecular weight excluding hydrogens is 216 g/mol. The van der Waals surface area contributed by atoms with Gasteiger partial charge in [0.2, 0.25) is 0 Å². The molecule has 0 amide bonds. The zero-order valence-corrected chi connectivity index (χ0v) is 10.2. The predicted octanol–water partition coefficient (Wildman–Crippen LogP) is 2.25. The van der Waals surface area contributed by atoms with E-state index in [0.29, 0.717) is 18.8 Å². The van der Waals surface area contributed by atoms with Crippen LogP contribution in [0.3, 0.4) is 0 Å². The normalized spacial score (nSPS) is 9.29. The largest absolute Gasteiger partial charge is 0.462 e. The number of carbonyl (C=O) groups excluding carboxylic acids is 1. The predicted molar refractivity (Wildman–Crippen MR) is 65.8 cm³/mol. The highest BCUT2D eigenvalue weighted by Crippen LogP contribution is 2.05. The molecule has 0 aliphatic rings. The van der Waals surface area contributed by atoms with Crippen LogP contribution in [0, 0.1) is 11.8 Å². The summed E-state index contributed by atoms with van der Waals surface area (Å²) in [5.74, 6) is 5.49. The van der Waals surface area contributed by atoms with E-state index in [1.165, 1.54) is 0 Å². The summed E-state index contributed by atoms with van der Waals surface area (Å²) in [6, 6.07) is 7.03. The average molecular weight is 232 g/mol. The van der Waals surface area contributed by atoms with Crippen molar-refractivity contribution in [3.8, 4) is 11.8 Å². The van der Waals surface area contributed by atoms with E-state index in [9.17, 15) is 4.79 Å². The second-order valence-electron chi connectivity index (χ2n) is 3.45. The minimum absolute atomic E-state index is 0.289. The monoisotopic (exact) mass is 232 g/mol. The summed E-state index contributed by atoms with van der Waals surface area (Å²) in [4.78, 5) is 11.5. The summed E-state index contributed by atoms with van der Waals surface area (Å²) < 4.78 is 9.84. The van der Waals surface area contributed by atoms with Gasteiger partial charge < -0.3 is 9.47 Å². The van der Waals surface area contributed by atoms with Gasteiger partial charge in [-0.1, -0.05) is 18.8 Å². The fourth-order valence-electron chi connectivity index (χ4n) is 1.18. The molecule has 0 spiro atoms. The molecule has 0 aliphatic heterocycles. The van der Waals surface area contributed by atoms with Crippen molar-refractivity contribution in [2.75, 3.05) is 20.3 Å². The van der Waals surface area contributed by atoms with Crippen molar-refractivity contribution in [1.29, 1.82) is 0 Å². The molecule has 1 aromatic rings. The molecule has 3 heteroatoms. The zero-order valence-electron chi connectivity index (χ0n) is 10.2. The van der Waals surface area contributed by atoms with Crippen LogP contribution in [0.5, 0.6) is 0 Å². The molecule has 0 radical (unpaired) electrons. The van der Waals surface area contributed by atoms with Gasteiger partial charge in [-0.2, -0.15) is 0 Å². The van der Waals surface area contributed by atoms with Gasteiger partial charge >= 0.3 is 5.97 Å². The molecule has 0 fully saturated rings. The molecular formula is C14H16O3. The molecule has 0 atom stereocenters. The van der Waals surface area contributed by atoms with Gasteiger partial charge in [0.25, 0.3) is 0 Å². The van der Waals surface area contributed by atoms with Crippen LogP contribution in [0.4, 0.5) is 0 Å². The van der Waals surface area contributed by atoms with Crippen LogP contribution in [-0.4, -0.2) is 26.3 Å². The Kier molecular flexibility index (Phi) is 5.84. The molecule has 0 bridgehead atoms. The van der Waals surface area contributed by atoms with Crippen LogP contribution in [0.15, 0.2) is 24.3 Å². The maximum atomic E-state index is 11.5. The quantitative estimate of drug-likeness (QED) is 0.590. The summed E-state index contributed by atoms with van der Waals surface area (Å²) in [7, 11) is 1.60. The summed E-state index contributed by atoms with van der Waals surface area (Å²) >= 11 is 0. The summed E-state index contributed by atoms with van der Waals surface area (Å²) in [6.07, 6.45) is 0.826. The highest BCUT2D eigenvalue weighted by molar-refractivity contribution is 5.89. The van der Waals surface area contributed by atoms with Gasteiger partial charge in [-0.15, -0.1) is 0 Å². The molecule has 1 rings (SSSR count). The number of carbonyl (C=O) groups is 1. The smallest absolute Gasteiger partial charge is 0.338 e. The van der Waals surface area contributed by atoms with Gasteiger partial charge in [0, 0.05) is 12.7 Å². The molecule has 17 heavy (non-hydrogen) atoms. The van der Waals surface area contributed by atoms with Crippen LogP contribution in [-0.2, 0) is 9.47 Å². The Hall–Kier alpha value is -1.79. The molecule has 3 nitrogen and oxygen atoms in total. The third-order valence-electron chi connectivity index (χ3n) is 2.01. The maximum Gasteiger partial charge on any atom is 0.338 e. The Morgan fingerprint density at radius 2 is 2.00 bits per heavy atom. The lowest BCUT2D eigenvalue weighted by molar-refractivity contribution is 0.0505. The maximum absolute atomic E-state index is 11.5. The lowest BCUT2D eigenvalue weighted by Crippen LogP contribution is -2.05. The van der Waals surface area contributed by atoms with E-state index in [2.05, 4.69) is 11.8 Å². The fourth-order valence-corrected chi connectivity index (χ4v) is 1.18. The number of hydrogen-bond acceptors (Lipinski definition) is 3. The van der Waals surface area contributed by atoms with Crippen molar-refractivity contribution in [3.63, 3.8) is 0 Å². The molecule has 0 heterocycles. The van der Waals surface area contributed by atoms with Gasteiger partial charge in [-0.05, 0) is 30.7 Å². The molecule has 0 aliphatic carbocycles. The highest BCUT2D eigenvalue weighted by atomic mass is 16.5. The number of rotatable bonds is 4. The molecule has 0 saturated carbocycles. The Morgan fingerprint density at radius 1 is 1.29 bits per heavy atom. The third-order valence-corrected chi connectivity index (χ3v) is 2.01. The Morgan fingerprint density at radius 3 is 2.59 bits per heavy atom. The number of ether oxygens (including phenoxy) is 2. The minimum Gasteiger partial charge on any atom is -0.462 e. The lowest BCUT2D eigenvalue weighted by Gasteiger charge is -2.02. The van der Waals surface area contributed by atoms with E-state index < -0.39 is 0 Å². The molecule has 0 saturated heterocycles. The van der Waals surface area contributed by atoms with Crippen LogP contribution in [0.25, 0.3) is 0 Å². The first-order chi connectivity index (χ1) is 8.27. The van der Waals surface area contributed by atoms with Crippen molar-refractivity contribution < 1.29 is 14.3 Å². The molecule has 0 unspecified atom stereocenters. The van der Waals surface area contributed by atoms with Crippen molar-refractivity contribution in [2.24, 2.45) is 0 Å². The topological polar surface area (TPSA) is 35.5 Å². The number of hydrogen-bond donors (Lipinski definition) is 0.